The highest BCUT2D eigenvalue weighted by molar-refractivity contribution is 5.72. The smallest absolute Gasteiger partial charge is 0.314 e. The average Bonchev–Trinajstić information content (AvgIpc) is 2.38. The Morgan fingerprint density at radius 3 is 2.68 bits per heavy atom. The predicted molar refractivity (Wildman–Crippen MR) is 77.8 cm³/mol. The normalized spacial score (nSPS) is 29.2. The Hall–Kier alpha value is -1.03. The van der Waals surface area contributed by atoms with Crippen molar-refractivity contribution in [1.29, 1.82) is 0 Å². The summed E-state index contributed by atoms with van der Waals surface area (Å²) in [6.45, 7) is 7.28. The van der Waals surface area contributed by atoms with Crippen LogP contribution in [0.4, 0.5) is 4.79 Å². The summed E-state index contributed by atoms with van der Waals surface area (Å²) in [5.41, 5.74) is 6.84. The molecule has 19 heavy (non-hydrogen) atoms. The number of rotatable bonds is 3. The van der Waals surface area contributed by atoms with Crippen molar-refractivity contribution in [2.45, 2.75) is 45.6 Å². The fraction of sp³-hybridized carbons (Fsp3) is 0.800. The number of piperidine rings is 1. The highest BCUT2D eigenvalue weighted by Gasteiger charge is 2.25. The molecule has 4 heteroatoms. The van der Waals surface area contributed by atoms with Gasteiger partial charge in [0.1, 0.15) is 0 Å². The minimum Gasteiger partial charge on any atom is -0.351 e. The zero-order valence-corrected chi connectivity index (χ0v) is 12.2. The van der Waals surface area contributed by atoms with E-state index in [2.05, 4.69) is 25.2 Å². The van der Waals surface area contributed by atoms with E-state index in [1.165, 1.54) is 12.8 Å². The first-order valence-corrected chi connectivity index (χ1v) is 7.52. The topological polar surface area (TPSA) is 58.4 Å². The summed E-state index contributed by atoms with van der Waals surface area (Å²) in [7, 11) is 0. The van der Waals surface area contributed by atoms with E-state index in [0.29, 0.717) is 12.0 Å². The number of nitrogens with zero attached hydrogens (tertiary/aromatic N) is 1. The van der Waals surface area contributed by atoms with E-state index in [9.17, 15) is 4.79 Å². The summed E-state index contributed by atoms with van der Waals surface area (Å²) < 4.78 is 0. The van der Waals surface area contributed by atoms with Crippen LogP contribution in [-0.2, 0) is 0 Å². The van der Waals surface area contributed by atoms with Crippen LogP contribution in [0.3, 0.4) is 0 Å². The van der Waals surface area contributed by atoms with E-state index in [1.54, 1.807) is 10.5 Å². The molecule has 108 valence electrons. The van der Waals surface area contributed by atoms with Gasteiger partial charge in [-0.15, -0.1) is 0 Å². The molecule has 2 aliphatic rings. The van der Waals surface area contributed by atoms with Crippen molar-refractivity contribution >= 4 is 6.03 Å². The van der Waals surface area contributed by atoms with Gasteiger partial charge in [-0.2, -0.15) is 0 Å². The van der Waals surface area contributed by atoms with Gasteiger partial charge in [0.2, 0.25) is 0 Å². The van der Waals surface area contributed by atoms with Gasteiger partial charge < -0.3 is 16.0 Å². The van der Waals surface area contributed by atoms with Crippen molar-refractivity contribution in [2.75, 3.05) is 19.6 Å². The van der Waals surface area contributed by atoms with Crippen LogP contribution >= 0.6 is 0 Å². The number of carbonyl (C=O) groups is 1. The molecular weight excluding hydrogens is 238 g/mol. The van der Waals surface area contributed by atoms with Crippen LogP contribution in [0.1, 0.15) is 39.5 Å². The minimum absolute atomic E-state index is 0.280. The average molecular weight is 265 g/mol. The van der Waals surface area contributed by atoms with Gasteiger partial charge in [-0.25, -0.2) is 4.79 Å². The lowest BCUT2D eigenvalue weighted by atomic mass is 9.80. The van der Waals surface area contributed by atoms with Crippen LogP contribution < -0.4 is 11.1 Å². The van der Waals surface area contributed by atoms with Crippen molar-refractivity contribution in [2.24, 2.45) is 17.6 Å². The molecule has 1 aliphatic carbocycles. The Morgan fingerprint density at radius 2 is 2.11 bits per heavy atom. The molecule has 0 radical (unpaired) electrons. The zero-order valence-electron chi connectivity index (χ0n) is 12.2. The molecule has 2 rings (SSSR count). The first kappa shape index (κ1) is 14.4. The number of nitrogens with two attached hydrogens (primary N) is 1. The van der Waals surface area contributed by atoms with Crippen LogP contribution in [0.25, 0.3) is 0 Å². The van der Waals surface area contributed by atoms with Gasteiger partial charge in [0.05, 0.1) is 0 Å². The third-order valence-corrected chi connectivity index (χ3v) is 4.79. The van der Waals surface area contributed by atoms with Gasteiger partial charge in [-0.1, -0.05) is 18.6 Å². The molecule has 0 saturated carbocycles. The molecule has 1 fully saturated rings. The quantitative estimate of drug-likeness (QED) is 0.768. The second kappa shape index (κ2) is 6.42. The van der Waals surface area contributed by atoms with E-state index < -0.39 is 0 Å². The summed E-state index contributed by atoms with van der Waals surface area (Å²) >= 11 is 0. The molecule has 2 atom stereocenters. The summed E-state index contributed by atoms with van der Waals surface area (Å²) in [5, 5.41) is 3.69. The number of carbonyl (C=O) groups excluding carboxylic acids is 1. The second-order valence-corrected chi connectivity index (χ2v) is 6.12. The summed E-state index contributed by atoms with van der Waals surface area (Å²) in [6, 6.07) is 0.260. The third kappa shape index (κ3) is 3.72. The Kier molecular flexibility index (Phi) is 4.86. The van der Waals surface area contributed by atoms with E-state index in [1.807, 2.05) is 0 Å². The molecule has 0 aromatic rings. The van der Waals surface area contributed by atoms with Crippen molar-refractivity contribution in [3.63, 3.8) is 0 Å². The summed E-state index contributed by atoms with van der Waals surface area (Å²) in [6.07, 6.45) is 6.98. The number of nitrogens with one attached hydrogen (secondary N) is 1. The molecule has 0 spiro atoms. The Labute approximate surface area is 116 Å². The van der Waals surface area contributed by atoms with Crippen molar-refractivity contribution in [3.05, 3.63) is 11.6 Å². The van der Waals surface area contributed by atoms with Gasteiger partial charge in [0.25, 0.3) is 0 Å². The number of primary amides is 1. The Bertz CT molecular complexity index is 345. The predicted octanol–water partition coefficient (Wildman–Crippen LogP) is 2.11. The van der Waals surface area contributed by atoms with E-state index in [0.717, 1.165) is 38.4 Å². The molecule has 2 unspecified atom stereocenters. The van der Waals surface area contributed by atoms with Crippen molar-refractivity contribution in [3.8, 4) is 0 Å². The number of urea groups is 1. The highest BCUT2D eigenvalue weighted by atomic mass is 16.2. The second-order valence-electron chi connectivity index (χ2n) is 6.12. The molecule has 0 aromatic heterocycles. The van der Waals surface area contributed by atoms with Crippen LogP contribution in [0.5, 0.6) is 0 Å². The van der Waals surface area contributed by atoms with Crippen LogP contribution in [-0.4, -0.2) is 36.6 Å². The van der Waals surface area contributed by atoms with Gasteiger partial charge in [-0.3, -0.25) is 0 Å². The molecule has 1 heterocycles. The number of likely N-dealkylation sites (tertiary alicyclic amines) is 1. The van der Waals surface area contributed by atoms with Crippen molar-refractivity contribution in [1.82, 2.24) is 10.2 Å². The lowest BCUT2D eigenvalue weighted by Crippen LogP contribution is -2.48. The largest absolute Gasteiger partial charge is 0.351 e. The summed E-state index contributed by atoms with van der Waals surface area (Å²) in [4.78, 5) is 12.8. The maximum atomic E-state index is 11.1. The lowest BCUT2D eigenvalue weighted by molar-refractivity contribution is 0.183. The zero-order chi connectivity index (χ0) is 13.8. The Balaban J connectivity index is 1.76. The van der Waals surface area contributed by atoms with Gasteiger partial charge >= 0.3 is 6.03 Å². The number of allylic oxidation sites excluding steroid dienone is 1. The fourth-order valence-electron chi connectivity index (χ4n) is 3.34. The molecule has 4 nitrogen and oxygen atoms in total. The maximum absolute atomic E-state index is 11.1. The molecule has 2 amide bonds. The van der Waals surface area contributed by atoms with Gasteiger partial charge in [0.15, 0.2) is 0 Å². The van der Waals surface area contributed by atoms with Gasteiger partial charge in [0, 0.05) is 25.7 Å². The summed E-state index contributed by atoms with van der Waals surface area (Å²) in [5.74, 6) is 1.46. The molecule has 1 aliphatic heterocycles. The monoisotopic (exact) mass is 265 g/mol. The molecule has 0 bridgehead atoms. The van der Waals surface area contributed by atoms with Gasteiger partial charge in [-0.05, 0) is 44.4 Å². The molecule has 0 aromatic carbocycles. The fourth-order valence-corrected chi connectivity index (χ4v) is 3.34. The maximum Gasteiger partial charge on any atom is 0.314 e. The first-order valence-electron chi connectivity index (χ1n) is 7.52. The molecular formula is C15H27N3O. The molecule has 1 saturated heterocycles. The minimum atomic E-state index is -0.280. The van der Waals surface area contributed by atoms with E-state index in [-0.39, 0.29) is 6.03 Å². The third-order valence-electron chi connectivity index (χ3n) is 4.79. The van der Waals surface area contributed by atoms with E-state index >= 15 is 0 Å². The van der Waals surface area contributed by atoms with Crippen LogP contribution in [0.2, 0.25) is 0 Å². The number of hydrogen-bond donors (Lipinski definition) is 2. The van der Waals surface area contributed by atoms with E-state index in [4.69, 9.17) is 5.73 Å². The lowest BCUT2D eigenvalue weighted by Gasteiger charge is -2.34. The van der Waals surface area contributed by atoms with Crippen molar-refractivity contribution < 1.29 is 4.79 Å². The van der Waals surface area contributed by atoms with Crippen LogP contribution in [0, 0.1) is 11.8 Å². The Morgan fingerprint density at radius 1 is 1.42 bits per heavy atom. The molecule has 3 N–H and O–H groups in total. The number of hydrogen-bond acceptors (Lipinski definition) is 2. The standard InChI is InChI=1S/C15H27N3O/c1-11-4-3-5-12(2)14(11)10-17-13-6-8-18(9-7-13)15(16)19/h4,12-14,17H,3,5-10H2,1-2H3,(H2,16,19). The van der Waals surface area contributed by atoms with Crippen LogP contribution in [0.15, 0.2) is 11.6 Å². The first-order chi connectivity index (χ1) is 9.08. The number of amides is 2. The SMILES string of the molecule is CC1=CCCC(C)C1CNC1CCN(C(N)=O)CC1. The highest BCUT2D eigenvalue weighted by Crippen LogP contribution is 2.29.